The zero-order chi connectivity index (χ0) is 20.5. The van der Waals surface area contributed by atoms with Crippen LogP contribution in [0.1, 0.15) is 29.7 Å². The van der Waals surface area contributed by atoms with Gasteiger partial charge in [-0.25, -0.2) is 4.79 Å². The van der Waals surface area contributed by atoms with Crippen LogP contribution in [0.5, 0.6) is 0 Å². The second kappa shape index (κ2) is 10.2. The third-order valence-corrected chi connectivity index (χ3v) is 4.61. The molecule has 3 amide bonds. The monoisotopic (exact) mass is 387 g/mol. The molecule has 3 aromatic rings. The minimum absolute atomic E-state index is 0.162. The normalized spacial score (nSPS) is 11.7. The Morgan fingerprint density at radius 2 is 1.24 bits per heavy atom. The second-order valence-electron chi connectivity index (χ2n) is 6.80. The zero-order valence-corrected chi connectivity index (χ0v) is 16.3. The molecule has 0 spiro atoms. The molecule has 0 heterocycles. The fourth-order valence-corrected chi connectivity index (χ4v) is 3.04. The summed E-state index contributed by atoms with van der Waals surface area (Å²) >= 11 is 0. The molecule has 3 rings (SSSR count). The van der Waals surface area contributed by atoms with Crippen LogP contribution in [0, 0.1) is 0 Å². The maximum absolute atomic E-state index is 12.5. The van der Waals surface area contributed by atoms with E-state index in [9.17, 15) is 9.59 Å². The smallest absolute Gasteiger partial charge is 0.321 e. The predicted octanol–water partition coefficient (Wildman–Crippen LogP) is 3.78. The van der Waals surface area contributed by atoms with Crippen molar-refractivity contribution >= 4 is 11.9 Å². The molecule has 0 aromatic heterocycles. The van der Waals surface area contributed by atoms with E-state index in [1.165, 1.54) is 0 Å². The van der Waals surface area contributed by atoms with Gasteiger partial charge in [-0.2, -0.15) is 0 Å². The largest absolute Gasteiger partial charge is 0.334 e. The minimum atomic E-state index is -0.567. The van der Waals surface area contributed by atoms with Crippen molar-refractivity contribution in [2.24, 2.45) is 0 Å². The quantitative estimate of drug-likeness (QED) is 0.578. The van der Waals surface area contributed by atoms with Crippen molar-refractivity contribution in [2.45, 2.75) is 25.6 Å². The van der Waals surface area contributed by atoms with Crippen LogP contribution in [0.15, 0.2) is 91.0 Å². The van der Waals surface area contributed by atoms with Crippen LogP contribution in [-0.4, -0.2) is 18.0 Å². The number of nitrogens with one attached hydrogen (secondary N) is 3. The van der Waals surface area contributed by atoms with Gasteiger partial charge in [0, 0.05) is 6.54 Å². The van der Waals surface area contributed by atoms with Crippen LogP contribution in [0.2, 0.25) is 0 Å². The summed E-state index contributed by atoms with van der Waals surface area (Å²) in [6, 6.07) is 28.2. The van der Waals surface area contributed by atoms with Crippen molar-refractivity contribution in [2.75, 3.05) is 0 Å². The van der Waals surface area contributed by atoms with Gasteiger partial charge in [0.1, 0.15) is 0 Å². The Hall–Kier alpha value is -3.44. The number of urea groups is 1. The molecule has 0 aliphatic carbocycles. The van der Waals surface area contributed by atoms with Gasteiger partial charge in [-0.05, 0) is 23.6 Å². The van der Waals surface area contributed by atoms with Gasteiger partial charge in [0.25, 0.3) is 0 Å². The highest BCUT2D eigenvalue weighted by Gasteiger charge is 2.21. The Labute approximate surface area is 171 Å². The number of hydrogen-bond donors (Lipinski definition) is 3. The summed E-state index contributed by atoms with van der Waals surface area (Å²) in [4.78, 5) is 24.6. The molecule has 5 nitrogen and oxygen atoms in total. The van der Waals surface area contributed by atoms with Gasteiger partial charge in [-0.3, -0.25) is 15.4 Å². The third-order valence-electron chi connectivity index (χ3n) is 4.61. The molecule has 148 valence electrons. The minimum Gasteiger partial charge on any atom is -0.334 e. The van der Waals surface area contributed by atoms with Crippen molar-refractivity contribution in [3.63, 3.8) is 0 Å². The van der Waals surface area contributed by atoms with Gasteiger partial charge in [-0.1, -0.05) is 91.0 Å². The summed E-state index contributed by atoms with van der Waals surface area (Å²) in [5.41, 5.74) is 3.06. The van der Waals surface area contributed by atoms with E-state index in [4.69, 9.17) is 0 Å². The van der Waals surface area contributed by atoms with Crippen LogP contribution in [0.4, 0.5) is 4.79 Å². The van der Waals surface area contributed by atoms with E-state index in [0.29, 0.717) is 6.54 Å². The highest BCUT2D eigenvalue weighted by Crippen LogP contribution is 2.22. The van der Waals surface area contributed by atoms with Crippen molar-refractivity contribution in [1.29, 1.82) is 0 Å². The maximum Gasteiger partial charge on any atom is 0.321 e. The van der Waals surface area contributed by atoms with Gasteiger partial charge in [0.2, 0.25) is 5.91 Å². The van der Waals surface area contributed by atoms with Crippen LogP contribution >= 0.6 is 0 Å². The molecule has 3 N–H and O–H groups in total. The number of carbonyl (C=O) groups excluding carboxylic acids is 2. The van der Waals surface area contributed by atoms with Crippen LogP contribution in [0.3, 0.4) is 0 Å². The summed E-state index contributed by atoms with van der Waals surface area (Å²) in [5.74, 6) is -0.382. The number of rotatable bonds is 7. The average Bonchev–Trinajstić information content (AvgIpc) is 2.77. The van der Waals surface area contributed by atoms with Gasteiger partial charge in [-0.15, -0.1) is 0 Å². The molecule has 0 fully saturated rings. The van der Waals surface area contributed by atoms with Gasteiger partial charge >= 0.3 is 6.03 Å². The van der Waals surface area contributed by atoms with E-state index in [2.05, 4.69) is 16.0 Å². The highest BCUT2D eigenvalue weighted by molar-refractivity contribution is 5.96. The van der Waals surface area contributed by atoms with Crippen molar-refractivity contribution in [3.8, 4) is 0 Å². The SMILES string of the molecule is CC(NC(c1ccccc1)c1ccccc1)C(=O)NC(=O)NCc1ccccc1. The molecule has 0 radical (unpaired) electrons. The summed E-state index contributed by atoms with van der Waals surface area (Å²) in [6.45, 7) is 2.11. The summed E-state index contributed by atoms with van der Waals surface area (Å²) in [7, 11) is 0. The van der Waals surface area contributed by atoms with Gasteiger partial charge in [0.15, 0.2) is 0 Å². The highest BCUT2D eigenvalue weighted by atomic mass is 16.2. The first-order chi connectivity index (χ1) is 14.1. The van der Waals surface area contributed by atoms with Crippen LogP contribution in [0.25, 0.3) is 0 Å². The second-order valence-corrected chi connectivity index (χ2v) is 6.80. The van der Waals surface area contributed by atoms with E-state index in [1.54, 1.807) is 6.92 Å². The molecule has 5 heteroatoms. The standard InChI is InChI=1S/C24H25N3O2/c1-18(23(28)27-24(29)25-17-19-11-5-2-6-12-19)26-22(20-13-7-3-8-14-20)21-15-9-4-10-16-21/h2-16,18,22,26H,17H2,1H3,(H2,25,27,28,29). The predicted molar refractivity (Wildman–Crippen MR) is 114 cm³/mol. The molecule has 0 bridgehead atoms. The fraction of sp³-hybridized carbons (Fsp3) is 0.167. The van der Waals surface area contributed by atoms with Crippen LogP contribution < -0.4 is 16.0 Å². The summed E-state index contributed by atoms with van der Waals surface area (Å²) in [5, 5.41) is 8.45. The Morgan fingerprint density at radius 1 is 0.759 bits per heavy atom. The lowest BCUT2D eigenvalue weighted by Gasteiger charge is -2.24. The average molecular weight is 387 g/mol. The first kappa shape index (κ1) is 20.3. The Balaban J connectivity index is 1.61. The number of hydrogen-bond acceptors (Lipinski definition) is 3. The Bertz CT molecular complexity index is 875. The molecule has 0 aliphatic rings. The Morgan fingerprint density at radius 3 is 1.76 bits per heavy atom. The van der Waals surface area contributed by atoms with Gasteiger partial charge in [0.05, 0.1) is 12.1 Å². The van der Waals surface area contributed by atoms with E-state index in [0.717, 1.165) is 16.7 Å². The molecule has 0 aliphatic heterocycles. The van der Waals surface area contributed by atoms with Crippen molar-refractivity contribution in [3.05, 3.63) is 108 Å². The van der Waals surface area contributed by atoms with Crippen molar-refractivity contribution < 1.29 is 9.59 Å². The first-order valence-electron chi connectivity index (χ1n) is 9.62. The van der Waals surface area contributed by atoms with E-state index in [-0.39, 0.29) is 11.9 Å². The molecule has 0 saturated heterocycles. The first-order valence-corrected chi connectivity index (χ1v) is 9.62. The molecular weight excluding hydrogens is 362 g/mol. The number of benzene rings is 3. The van der Waals surface area contributed by atoms with E-state index in [1.807, 2.05) is 91.0 Å². The lowest BCUT2D eigenvalue weighted by Crippen LogP contribution is -2.48. The fourth-order valence-electron chi connectivity index (χ4n) is 3.04. The summed E-state index contributed by atoms with van der Waals surface area (Å²) in [6.07, 6.45) is 0. The van der Waals surface area contributed by atoms with E-state index < -0.39 is 12.1 Å². The molecule has 0 saturated carbocycles. The number of amides is 3. The Kier molecular flexibility index (Phi) is 7.14. The number of carbonyl (C=O) groups is 2. The molecule has 1 atom stereocenters. The molecule has 29 heavy (non-hydrogen) atoms. The van der Waals surface area contributed by atoms with Gasteiger partial charge < -0.3 is 5.32 Å². The zero-order valence-electron chi connectivity index (χ0n) is 16.3. The van der Waals surface area contributed by atoms with Crippen molar-refractivity contribution in [1.82, 2.24) is 16.0 Å². The summed E-state index contributed by atoms with van der Waals surface area (Å²) < 4.78 is 0. The molecular formula is C24H25N3O2. The topological polar surface area (TPSA) is 70.2 Å². The third kappa shape index (κ3) is 6.02. The number of imide groups is 1. The lowest BCUT2D eigenvalue weighted by atomic mass is 9.98. The molecule has 3 aromatic carbocycles. The molecule has 1 unspecified atom stereocenters. The van der Waals surface area contributed by atoms with Crippen LogP contribution in [-0.2, 0) is 11.3 Å². The van der Waals surface area contributed by atoms with E-state index >= 15 is 0 Å². The maximum atomic E-state index is 12.5. The lowest BCUT2D eigenvalue weighted by molar-refractivity contribution is -0.121.